The summed E-state index contributed by atoms with van der Waals surface area (Å²) in [6.45, 7) is 0.232. The number of rotatable bonds is 5. The largest absolute Gasteiger partial charge is 0.493 e. The van der Waals surface area contributed by atoms with Gasteiger partial charge in [-0.3, -0.25) is 4.79 Å². The summed E-state index contributed by atoms with van der Waals surface area (Å²) >= 11 is 3.33. The molecule has 94 valence electrons. The summed E-state index contributed by atoms with van der Waals surface area (Å²) in [5.74, 6) is 1.59. The quantitative estimate of drug-likeness (QED) is 0.795. The van der Waals surface area contributed by atoms with Crippen LogP contribution in [0.15, 0.2) is 33.4 Å². The lowest BCUT2D eigenvalue weighted by molar-refractivity contribution is 0.112. The number of aldehydes is 1. The van der Waals surface area contributed by atoms with E-state index in [0.29, 0.717) is 27.3 Å². The number of aromatic nitrogens is 1. The fourth-order valence-corrected chi connectivity index (χ4v) is 1.98. The number of ether oxygens (including phenoxy) is 2. The van der Waals surface area contributed by atoms with Gasteiger partial charge in [0.15, 0.2) is 17.3 Å². The van der Waals surface area contributed by atoms with Crippen LogP contribution >= 0.6 is 15.9 Å². The first-order valence-corrected chi connectivity index (χ1v) is 5.89. The van der Waals surface area contributed by atoms with E-state index in [1.165, 1.54) is 7.11 Å². The molecule has 2 aromatic rings. The zero-order valence-electron chi connectivity index (χ0n) is 9.55. The van der Waals surface area contributed by atoms with E-state index >= 15 is 0 Å². The van der Waals surface area contributed by atoms with Crippen LogP contribution in [0, 0.1) is 0 Å². The smallest absolute Gasteiger partial charge is 0.176 e. The van der Waals surface area contributed by atoms with Gasteiger partial charge in [0.25, 0.3) is 0 Å². The second-order valence-corrected chi connectivity index (χ2v) is 4.27. The minimum Gasteiger partial charge on any atom is -0.493 e. The standard InChI is InChI=1S/C12H10BrNO4/c1-16-11-5-8(6-15)4-10(13)12(11)17-7-9-2-3-14-18-9/h2-6H,7H2,1H3. The zero-order chi connectivity index (χ0) is 13.0. The number of benzene rings is 1. The maximum Gasteiger partial charge on any atom is 0.176 e. The topological polar surface area (TPSA) is 61.6 Å². The summed E-state index contributed by atoms with van der Waals surface area (Å²) in [6, 6.07) is 4.97. The number of methoxy groups -OCH3 is 1. The lowest BCUT2D eigenvalue weighted by Gasteiger charge is -2.11. The Labute approximate surface area is 112 Å². The van der Waals surface area contributed by atoms with Crippen LogP contribution in [0.2, 0.25) is 0 Å². The number of halogens is 1. The Bertz CT molecular complexity index is 539. The molecule has 18 heavy (non-hydrogen) atoms. The van der Waals surface area contributed by atoms with E-state index in [0.717, 1.165) is 6.29 Å². The van der Waals surface area contributed by atoms with E-state index in [9.17, 15) is 4.79 Å². The minimum absolute atomic E-state index is 0.232. The van der Waals surface area contributed by atoms with E-state index in [1.54, 1.807) is 24.4 Å². The third-order valence-electron chi connectivity index (χ3n) is 2.24. The molecule has 0 atom stereocenters. The second kappa shape index (κ2) is 5.68. The van der Waals surface area contributed by atoms with Crippen LogP contribution in [0.1, 0.15) is 16.1 Å². The highest BCUT2D eigenvalue weighted by Crippen LogP contribution is 2.36. The summed E-state index contributed by atoms with van der Waals surface area (Å²) < 4.78 is 16.3. The van der Waals surface area contributed by atoms with Gasteiger partial charge >= 0.3 is 0 Å². The maximum absolute atomic E-state index is 10.7. The van der Waals surface area contributed by atoms with Crippen molar-refractivity contribution < 1.29 is 18.8 Å². The summed E-state index contributed by atoms with van der Waals surface area (Å²) in [4.78, 5) is 10.7. The third kappa shape index (κ3) is 2.70. The molecule has 0 aliphatic rings. The molecule has 0 unspecified atom stereocenters. The first kappa shape index (κ1) is 12.6. The van der Waals surface area contributed by atoms with Crippen molar-refractivity contribution in [3.8, 4) is 11.5 Å². The van der Waals surface area contributed by atoms with E-state index in [1.807, 2.05) is 0 Å². The molecule has 0 amide bonds. The number of nitrogens with zero attached hydrogens (tertiary/aromatic N) is 1. The normalized spacial score (nSPS) is 10.1. The van der Waals surface area contributed by atoms with E-state index in [2.05, 4.69) is 21.1 Å². The zero-order valence-corrected chi connectivity index (χ0v) is 11.1. The molecule has 1 aromatic carbocycles. The van der Waals surface area contributed by atoms with Crippen molar-refractivity contribution in [3.63, 3.8) is 0 Å². The fraction of sp³-hybridized carbons (Fsp3) is 0.167. The fourth-order valence-electron chi connectivity index (χ4n) is 1.41. The molecule has 5 nitrogen and oxygen atoms in total. The van der Waals surface area contributed by atoms with Gasteiger partial charge in [0.1, 0.15) is 12.9 Å². The Balaban J connectivity index is 2.23. The van der Waals surface area contributed by atoms with Crippen molar-refractivity contribution in [2.45, 2.75) is 6.61 Å². The minimum atomic E-state index is 0.232. The number of carbonyl (C=O) groups excluding carboxylic acids is 1. The van der Waals surface area contributed by atoms with Gasteiger partial charge in [-0.2, -0.15) is 0 Å². The van der Waals surface area contributed by atoms with Gasteiger partial charge in [0.05, 0.1) is 17.8 Å². The molecule has 6 heteroatoms. The Hall–Kier alpha value is -1.82. The summed E-state index contributed by atoms with van der Waals surface area (Å²) in [5, 5.41) is 3.58. The Morgan fingerprint density at radius 1 is 1.50 bits per heavy atom. The molecule has 0 radical (unpaired) electrons. The van der Waals surface area contributed by atoms with Crippen LogP contribution in [0.4, 0.5) is 0 Å². The molecule has 0 aliphatic heterocycles. The van der Waals surface area contributed by atoms with Crippen molar-refractivity contribution in [1.29, 1.82) is 0 Å². The molecule has 0 aliphatic carbocycles. The Kier molecular flexibility index (Phi) is 3.99. The van der Waals surface area contributed by atoms with Crippen LogP contribution in [0.3, 0.4) is 0 Å². The van der Waals surface area contributed by atoms with E-state index < -0.39 is 0 Å². The average molecular weight is 312 g/mol. The molecule has 1 aromatic heterocycles. The van der Waals surface area contributed by atoms with Crippen molar-refractivity contribution in [3.05, 3.63) is 40.2 Å². The predicted molar refractivity (Wildman–Crippen MR) is 66.9 cm³/mol. The highest BCUT2D eigenvalue weighted by molar-refractivity contribution is 9.10. The number of hydrogen-bond acceptors (Lipinski definition) is 5. The van der Waals surface area contributed by atoms with Crippen LogP contribution in [0.5, 0.6) is 11.5 Å². The molecule has 0 bridgehead atoms. The Morgan fingerprint density at radius 2 is 2.33 bits per heavy atom. The molecular formula is C12H10BrNO4. The average Bonchev–Trinajstić information content (AvgIpc) is 2.89. The van der Waals surface area contributed by atoms with Gasteiger partial charge in [0, 0.05) is 11.6 Å². The molecule has 0 spiro atoms. The SMILES string of the molecule is COc1cc(C=O)cc(Br)c1OCc1ccno1. The lowest BCUT2D eigenvalue weighted by atomic mass is 10.2. The second-order valence-electron chi connectivity index (χ2n) is 3.42. The third-order valence-corrected chi connectivity index (χ3v) is 2.83. The van der Waals surface area contributed by atoms with Crippen LogP contribution in [-0.2, 0) is 6.61 Å². The number of hydrogen-bond donors (Lipinski definition) is 0. The van der Waals surface area contributed by atoms with Crippen molar-refractivity contribution in [1.82, 2.24) is 5.16 Å². The molecule has 0 saturated heterocycles. The van der Waals surface area contributed by atoms with Crippen molar-refractivity contribution in [2.75, 3.05) is 7.11 Å². The van der Waals surface area contributed by atoms with Crippen LogP contribution in [-0.4, -0.2) is 18.6 Å². The van der Waals surface area contributed by atoms with Gasteiger partial charge < -0.3 is 14.0 Å². The van der Waals surface area contributed by atoms with E-state index in [4.69, 9.17) is 14.0 Å². The molecule has 1 heterocycles. The van der Waals surface area contributed by atoms with Crippen LogP contribution < -0.4 is 9.47 Å². The van der Waals surface area contributed by atoms with Gasteiger partial charge in [-0.1, -0.05) is 5.16 Å². The van der Waals surface area contributed by atoms with Gasteiger partial charge in [0.2, 0.25) is 0 Å². The summed E-state index contributed by atoms with van der Waals surface area (Å²) in [6.07, 6.45) is 2.29. The molecule has 0 saturated carbocycles. The molecule has 0 fully saturated rings. The van der Waals surface area contributed by atoms with Crippen molar-refractivity contribution in [2.24, 2.45) is 0 Å². The monoisotopic (exact) mass is 311 g/mol. The first-order valence-electron chi connectivity index (χ1n) is 5.09. The molecule has 2 rings (SSSR count). The highest BCUT2D eigenvalue weighted by Gasteiger charge is 2.12. The maximum atomic E-state index is 10.7. The van der Waals surface area contributed by atoms with Gasteiger partial charge in [-0.05, 0) is 28.1 Å². The number of carbonyl (C=O) groups is 1. The highest BCUT2D eigenvalue weighted by atomic mass is 79.9. The van der Waals surface area contributed by atoms with Gasteiger partial charge in [-0.25, -0.2) is 0 Å². The van der Waals surface area contributed by atoms with Crippen LogP contribution in [0.25, 0.3) is 0 Å². The van der Waals surface area contributed by atoms with Crippen molar-refractivity contribution >= 4 is 22.2 Å². The molecule has 0 N–H and O–H groups in total. The first-order chi connectivity index (χ1) is 8.74. The molecular weight excluding hydrogens is 302 g/mol. The van der Waals surface area contributed by atoms with E-state index in [-0.39, 0.29) is 6.61 Å². The van der Waals surface area contributed by atoms with Gasteiger partial charge in [-0.15, -0.1) is 0 Å². The predicted octanol–water partition coefficient (Wildman–Crippen LogP) is 2.84. The lowest BCUT2D eigenvalue weighted by Crippen LogP contribution is -1.98. The summed E-state index contributed by atoms with van der Waals surface area (Å²) in [5.41, 5.74) is 0.505. The Morgan fingerprint density at radius 3 is 2.94 bits per heavy atom. The summed E-state index contributed by atoms with van der Waals surface area (Å²) in [7, 11) is 1.51.